The minimum Gasteiger partial charge on any atom is -0.355 e. The molecule has 0 radical (unpaired) electrons. The maximum atomic E-state index is 12.9. The Kier molecular flexibility index (Phi) is 7.73. The number of carbonyl (C=O) groups is 1. The Balaban J connectivity index is 0.00000300. The molecular weight excluding hydrogens is 407 g/mol. The number of rotatable bonds is 3. The maximum absolute atomic E-state index is 12.9. The van der Waals surface area contributed by atoms with E-state index in [0.717, 1.165) is 25.7 Å². The number of amides is 1. The van der Waals surface area contributed by atoms with Gasteiger partial charge in [0.15, 0.2) is 11.5 Å². The Labute approximate surface area is 175 Å². The zero-order valence-electron chi connectivity index (χ0n) is 17.0. The molecule has 6 nitrogen and oxygen atoms in total. The molecule has 1 aromatic rings. The summed E-state index contributed by atoms with van der Waals surface area (Å²) in [7, 11) is 0. The fourth-order valence-electron chi connectivity index (χ4n) is 4.20. The number of halogens is 4. The van der Waals surface area contributed by atoms with Gasteiger partial charge in [0.1, 0.15) is 0 Å². The summed E-state index contributed by atoms with van der Waals surface area (Å²) in [6, 6.07) is 3.13. The van der Waals surface area contributed by atoms with Crippen LogP contribution in [-0.4, -0.2) is 70.7 Å². The fourth-order valence-corrected chi connectivity index (χ4v) is 4.20. The molecule has 0 aliphatic carbocycles. The number of alkyl halides is 3. The largest absolute Gasteiger partial charge is 0.435 e. The van der Waals surface area contributed by atoms with Gasteiger partial charge in [0, 0.05) is 50.7 Å². The Morgan fingerprint density at radius 3 is 2.24 bits per heavy atom. The predicted molar refractivity (Wildman–Crippen MR) is 107 cm³/mol. The van der Waals surface area contributed by atoms with E-state index in [0.29, 0.717) is 43.8 Å². The Bertz CT molecular complexity index is 677. The van der Waals surface area contributed by atoms with E-state index in [1.165, 1.54) is 6.07 Å². The molecule has 0 aromatic carbocycles. The smallest absolute Gasteiger partial charge is 0.355 e. The fraction of sp³-hybridized carbons (Fsp3) is 0.737. The van der Waals surface area contributed by atoms with Crippen molar-refractivity contribution in [3.8, 4) is 0 Å². The Morgan fingerprint density at radius 1 is 1.10 bits per heavy atom. The highest BCUT2D eigenvalue weighted by Gasteiger charge is 2.35. The summed E-state index contributed by atoms with van der Waals surface area (Å²) >= 11 is 0. The molecule has 2 fully saturated rings. The standard InChI is InChI=1S/C19H28F3N5O.ClH/c1-13(2)27-11-10-26(12-14(27)3)18(28)15-6-8-25(9-7-15)17-5-4-16(23-24-17)19(20,21)22;/h4-5,13-15H,6-12H2,1-3H3;1H/t14-;/m0./s1. The van der Waals surface area contributed by atoms with Gasteiger partial charge in [-0.25, -0.2) is 0 Å². The number of hydrogen-bond donors (Lipinski definition) is 0. The maximum Gasteiger partial charge on any atom is 0.435 e. The van der Waals surface area contributed by atoms with Gasteiger partial charge in [-0.3, -0.25) is 9.69 Å². The Morgan fingerprint density at radius 2 is 1.76 bits per heavy atom. The summed E-state index contributed by atoms with van der Waals surface area (Å²) in [4.78, 5) is 19.2. The number of anilines is 1. The van der Waals surface area contributed by atoms with Crippen LogP contribution < -0.4 is 4.90 Å². The molecule has 0 unspecified atom stereocenters. The Hall–Kier alpha value is -1.61. The second-order valence-electron chi connectivity index (χ2n) is 8.00. The first-order valence-electron chi connectivity index (χ1n) is 9.87. The van der Waals surface area contributed by atoms with Gasteiger partial charge in [-0.05, 0) is 45.7 Å². The van der Waals surface area contributed by atoms with Crippen molar-refractivity contribution in [3.05, 3.63) is 17.8 Å². The lowest BCUT2D eigenvalue weighted by atomic mass is 9.94. The van der Waals surface area contributed by atoms with Crippen LogP contribution >= 0.6 is 12.4 Å². The lowest BCUT2D eigenvalue weighted by molar-refractivity contribution is -0.142. The number of carbonyl (C=O) groups excluding carboxylic acids is 1. The van der Waals surface area contributed by atoms with E-state index < -0.39 is 11.9 Å². The van der Waals surface area contributed by atoms with Crippen molar-refractivity contribution in [1.82, 2.24) is 20.0 Å². The van der Waals surface area contributed by atoms with Crippen molar-refractivity contribution < 1.29 is 18.0 Å². The van der Waals surface area contributed by atoms with Gasteiger partial charge in [0.25, 0.3) is 0 Å². The molecule has 0 N–H and O–H groups in total. The lowest BCUT2D eigenvalue weighted by Crippen LogP contribution is -2.57. The van der Waals surface area contributed by atoms with Gasteiger partial charge in [-0.15, -0.1) is 22.6 Å². The van der Waals surface area contributed by atoms with E-state index in [4.69, 9.17) is 0 Å². The average Bonchev–Trinajstić information content (AvgIpc) is 2.66. The van der Waals surface area contributed by atoms with Gasteiger partial charge in [-0.1, -0.05) is 0 Å². The summed E-state index contributed by atoms with van der Waals surface area (Å²) in [6.07, 6.45) is -3.12. The molecule has 3 rings (SSSR count). The molecule has 0 saturated carbocycles. The van der Waals surface area contributed by atoms with Gasteiger partial charge >= 0.3 is 6.18 Å². The summed E-state index contributed by atoms with van der Waals surface area (Å²) in [6.45, 7) is 10.1. The second kappa shape index (κ2) is 9.47. The zero-order valence-corrected chi connectivity index (χ0v) is 17.8. The number of aromatic nitrogens is 2. The van der Waals surface area contributed by atoms with Crippen molar-refractivity contribution in [2.75, 3.05) is 37.6 Å². The van der Waals surface area contributed by atoms with E-state index in [2.05, 4.69) is 35.9 Å². The van der Waals surface area contributed by atoms with Crippen LogP contribution in [0.15, 0.2) is 12.1 Å². The predicted octanol–water partition coefficient (Wildman–Crippen LogP) is 3.07. The van der Waals surface area contributed by atoms with E-state index in [9.17, 15) is 18.0 Å². The lowest BCUT2D eigenvalue weighted by Gasteiger charge is -2.43. The minimum absolute atomic E-state index is 0. The molecule has 2 aliphatic rings. The third-order valence-electron chi connectivity index (χ3n) is 5.76. The van der Waals surface area contributed by atoms with E-state index in [1.807, 2.05) is 9.80 Å². The number of hydrogen-bond acceptors (Lipinski definition) is 5. The van der Waals surface area contributed by atoms with Gasteiger partial charge < -0.3 is 9.80 Å². The molecular formula is C19H29ClF3N5O. The molecule has 1 amide bonds. The minimum atomic E-state index is -4.48. The normalized spacial score (nSPS) is 22.0. The molecule has 29 heavy (non-hydrogen) atoms. The van der Waals surface area contributed by atoms with E-state index in [1.54, 1.807) is 0 Å². The van der Waals surface area contributed by atoms with Gasteiger partial charge in [0.05, 0.1) is 0 Å². The van der Waals surface area contributed by atoms with Crippen molar-refractivity contribution >= 4 is 24.1 Å². The number of piperidine rings is 1. The van der Waals surface area contributed by atoms with Crippen LogP contribution in [-0.2, 0) is 11.0 Å². The summed E-state index contributed by atoms with van der Waals surface area (Å²) in [5.41, 5.74) is -0.990. The summed E-state index contributed by atoms with van der Waals surface area (Å²) < 4.78 is 37.8. The van der Waals surface area contributed by atoms with Crippen molar-refractivity contribution in [3.63, 3.8) is 0 Å². The topological polar surface area (TPSA) is 52.6 Å². The highest BCUT2D eigenvalue weighted by molar-refractivity contribution is 5.85. The first-order valence-corrected chi connectivity index (χ1v) is 9.87. The molecule has 0 spiro atoms. The highest BCUT2D eigenvalue weighted by Crippen LogP contribution is 2.29. The average molecular weight is 436 g/mol. The molecule has 0 bridgehead atoms. The number of nitrogens with zero attached hydrogens (tertiary/aromatic N) is 5. The van der Waals surface area contributed by atoms with E-state index in [-0.39, 0.29) is 24.2 Å². The third-order valence-corrected chi connectivity index (χ3v) is 5.76. The van der Waals surface area contributed by atoms with Crippen LogP contribution in [0.1, 0.15) is 39.3 Å². The van der Waals surface area contributed by atoms with Gasteiger partial charge in [0.2, 0.25) is 5.91 Å². The first kappa shape index (κ1) is 23.7. The molecule has 164 valence electrons. The first-order chi connectivity index (χ1) is 13.2. The SMILES string of the molecule is CC(C)N1CCN(C(=O)C2CCN(c3ccc(C(F)(F)F)nn3)CC2)C[C@@H]1C.Cl. The van der Waals surface area contributed by atoms with Crippen LogP contribution in [0.2, 0.25) is 0 Å². The van der Waals surface area contributed by atoms with Crippen LogP contribution in [0, 0.1) is 5.92 Å². The summed E-state index contributed by atoms with van der Waals surface area (Å²) in [5, 5.41) is 7.00. The molecule has 2 aliphatic heterocycles. The van der Waals surface area contributed by atoms with Crippen molar-refractivity contribution in [1.29, 1.82) is 0 Å². The number of piperazine rings is 1. The summed E-state index contributed by atoms with van der Waals surface area (Å²) in [5.74, 6) is 0.600. The third kappa shape index (κ3) is 5.51. The van der Waals surface area contributed by atoms with Crippen molar-refractivity contribution in [2.24, 2.45) is 5.92 Å². The van der Waals surface area contributed by atoms with Crippen LogP contribution in [0.4, 0.5) is 19.0 Å². The van der Waals surface area contributed by atoms with Crippen LogP contribution in [0.25, 0.3) is 0 Å². The molecule has 1 aromatic heterocycles. The molecule has 2 saturated heterocycles. The molecule has 10 heteroatoms. The molecule has 1 atom stereocenters. The monoisotopic (exact) mass is 435 g/mol. The van der Waals surface area contributed by atoms with Crippen molar-refractivity contribution in [2.45, 2.75) is 51.9 Å². The van der Waals surface area contributed by atoms with Crippen LogP contribution in [0.3, 0.4) is 0 Å². The quantitative estimate of drug-likeness (QED) is 0.730. The second-order valence-corrected chi connectivity index (χ2v) is 8.00. The van der Waals surface area contributed by atoms with Gasteiger partial charge in [-0.2, -0.15) is 13.2 Å². The van der Waals surface area contributed by atoms with Crippen LogP contribution in [0.5, 0.6) is 0 Å². The molecule has 3 heterocycles. The zero-order chi connectivity index (χ0) is 20.5. The highest BCUT2D eigenvalue weighted by atomic mass is 35.5. The van der Waals surface area contributed by atoms with E-state index >= 15 is 0 Å².